The van der Waals surface area contributed by atoms with Gasteiger partial charge in [-0.25, -0.2) is 0 Å². The van der Waals surface area contributed by atoms with Crippen molar-refractivity contribution in [2.24, 2.45) is 0 Å². The van der Waals surface area contributed by atoms with E-state index in [9.17, 15) is 25.0 Å². The molecule has 178 valence electrons. The Hall–Kier alpha value is -4.13. The first-order chi connectivity index (χ1) is 16.3. The van der Waals surface area contributed by atoms with E-state index >= 15 is 0 Å². The van der Waals surface area contributed by atoms with Gasteiger partial charge in [0.05, 0.1) is 48.6 Å². The van der Waals surface area contributed by atoms with Gasteiger partial charge in [0, 0.05) is 17.7 Å². The van der Waals surface area contributed by atoms with E-state index in [0.717, 1.165) is 43.9 Å². The summed E-state index contributed by atoms with van der Waals surface area (Å²) in [5.74, 6) is 5.60. The van der Waals surface area contributed by atoms with Crippen LogP contribution < -0.4 is 9.47 Å². The molecule has 0 radical (unpaired) electrons. The second-order valence-electron chi connectivity index (χ2n) is 7.79. The average molecular weight is 468 g/mol. The highest BCUT2D eigenvalue weighted by Crippen LogP contribution is 2.35. The van der Waals surface area contributed by atoms with Crippen LogP contribution in [-0.2, 0) is 9.53 Å². The van der Waals surface area contributed by atoms with Gasteiger partial charge < -0.3 is 14.2 Å². The molecule has 34 heavy (non-hydrogen) atoms. The molecule has 0 aliphatic heterocycles. The maximum absolute atomic E-state index is 12.1. The van der Waals surface area contributed by atoms with Crippen molar-refractivity contribution in [3.05, 3.63) is 67.8 Å². The van der Waals surface area contributed by atoms with Crippen molar-refractivity contribution in [1.29, 1.82) is 0 Å². The van der Waals surface area contributed by atoms with Gasteiger partial charge in [-0.15, -0.1) is 0 Å². The van der Waals surface area contributed by atoms with Crippen LogP contribution in [0.25, 0.3) is 0 Å². The molecule has 10 heteroatoms. The monoisotopic (exact) mass is 468 g/mol. The van der Waals surface area contributed by atoms with E-state index in [0.29, 0.717) is 17.1 Å². The minimum atomic E-state index is -0.722. The van der Waals surface area contributed by atoms with Gasteiger partial charge in [0.1, 0.15) is 0 Å². The standard InChI is InChI=1S/C24H24N2O8/c1-32-22-10-9-17(13-23(22)34-21-5-3-4-6-21)18(14-24(27)33-2)8-7-16-11-19(25(28)29)15-20(12-16)26(30)31/h9-13,15,18,21H,3-6,14H2,1-2H3. The van der Waals surface area contributed by atoms with Crippen molar-refractivity contribution in [2.45, 2.75) is 44.1 Å². The van der Waals surface area contributed by atoms with Gasteiger partial charge in [-0.3, -0.25) is 25.0 Å². The Kier molecular flexibility index (Phi) is 8.03. The molecular formula is C24H24N2O8. The summed E-state index contributed by atoms with van der Waals surface area (Å²) in [5.41, 5.74) is -0.141. The maximum Gasteiger partial charge on any atom is 0.307 e. The number of ether oxygens (including phenoxy) is 3. The summed E-state index contributed by atoms with van der Waals surface area (Å²) in [6.07, 6.45) is 4.08. The Morgan fingerprint density at radius 1 is 1.03 bits per heavy atom. The number of hydrogen-bond donors (Lipinski definition) is 0. The number of nitro groups is 2. The molecular weight excluding hydrogens is 444 g/mol. The lowest BCUT2D eigenvalue weighted by Crippen LogP contribution is -2.12. The van der Waals surface area contributed by atoms with Crippen molar-refractivity contribution in [2.75, 3.05) is 14.2 Å². The van der Waals surface area contributed by atoms with Crippen molar-refractivity contribution >= 4 is 17.3 Å². The number of nitrogens with zero attached hydrogens (tertiary/aromatic N) is 2. The first-order valence-corrected chi connectivity index (χ1v) is 10.7. The van der Waals surface area contributed by atoms with E-state index in [1.807, 2.05) is 0 Å². The van der Waals surface area contributed by atoms with Crippen LogP contribution in [0, 0.1) is 32.1 Å². The summed E-state index contributed by atoms with van der Waals surface area (Å²) < 4.78 is 16.3. The molecule has 0 spiro atoms. The lowest BCUT2D eigenvalue weighted by molar-refractivity contribution is -0.394. The van der Waals surface area contributed by atoms with Crippen molar-refractivity contribution < 1.29 is 28.9 Å². The maximum atomic E-state index is 12.1. The highest BCUT2D eigenvalue weighted by molar-refractivity contribution is 5.71. The van der Waals surface area contributed by atoms with Crippen LogP contribution in [0.5, 0.6) is 11.5 Å². The Morgan fingerprint density at radius 2 is 1.68 bits per heavy atom. The molecule has 1 atom stereocenters. The van der Waals surface area contributed by atoms with Crippen LogP contribution in [0.3, 0.4) is 0 Å². The van der Waals surface area contributed by atoms with Gasteiger partial charge in [0.15, 0.2) is 11.5 Å². The smallest absolute Gasteiger partial charge is 0.307 e. The van der Waals surface area contributed by atoms with E-state index < -0.39 is 33.1 Å². The third-order valence-corrected chi connectivity index (χ3v) is 5.50. The number of nitro benzene ring substituents is 2. The fourth-order valence-corrected chi connectivity index (χ4v) is 3.74. The molecule has 0 amide bonds. The van der Waals surface area contributed by atoms with Gasteiger partial charge in [-0.05, 0) is 43.4 Å². The number of rotatable bonds is 8. The summed E-state index contributed by atoms with van der Waals surface area (Å²) in [4.78, 5) is 32.9. The summed E-state index contributed by atoms with van der Waals surface area (Å²) in [6, 6.07) is 8.40. The van der Waals surface area contributed by atoms with Gasteiger partial charge in [0.2, 0.25) is 0 Å². The predicted molar refractivity (Wildman–Crippen MR) is 122 cm³/mol. The van der Waals surface area contributed by atoms with Gasteiger partial charge in [0.25, 0.3) is 11.4 Å². The van der Waals surface area contributed by atoms with Gasteiger partial charge in [-0.1, -0.05) is 17.9 Å². The highest BCUT2D eigenvalue weighted by atomic mass is 16.6. The number of non-ortho nitro benzene ring substituents is 2. The largest absolute Gasteiger partial charge is 0.493 e. The number of esters is 1. The molecule has 3 rings (SSSR count). The van der Waals surface area contributed by atoms with E-state index in [1.54, 1.807) is 18.2 Å². The first kappa shape index (κ1) is 24.5. The molecule has 1 fully saturated rings. The zero-order chi connectivity index (χ0) is 24.7. The van der Waals surface area contributed by atoms with Crippen molar-refractivity contribution in [1.82, 2.24) is 0 Å². The van der Waals surface area contributed by atoms with Crippen LogP contribution in [0.15, 0.2) is 36.4 Å². The first-order valence-electron chi connectivity index (χ1n) is 10.7. The summed E-state index contributed by atoms with van der Waals surface area (Å²) >= 11 is 0. The predicted octanol–water partition coefficient (Wildman–Crippen LogP) is 4.53. The number of benzene rings is 2. The highest BCUT2D eigenvalue weighted by Gasteiger charge is 2.21. The lowest BCUT2D eigenvalue weighted by atomic mass is 9.95. The SMILES string of the molecule is COC(=O)CC(C#Cc1cc([N+](=O)[O-])cc([N+](=O)[O-])c1)c1ccc(OC)c(OC2CCCC2)c1. The Bertz CT molecular complexity index is 1110. The quantitative estimate of drug-likeness (QED) is 0.239. The van der Waals surface area contributed by atoms with Crippen LogP contribution in [0.4, 0.5) is 11.4 Å². The zero-order valence-electron chi connectivity index (χ0n) is 18.8. The second-order valence-corrected chi connectivity index (χ2v) is 7.79. The molecule has 2 aromatic carbocycles. The topological polar surface area (TPSA) is 131 Å². The van der Waals surface area contributed by atoms with Crippen molar-refractivity contribution in [3.8, 4) is 23.3 Å². The van der Waals surface area contributed by atoms with Crippen molar-refractivity contribution in [3.63, 3.8) is 0 Å². The minimum absolute atomic E-state index is 0.0831. The van der Waals surface area contributed by atoms with Gasteiger partial charge in [-0.2, -0.15) is 0 Å². The molecule has 0 bridgehead atoms. The second kappa shape index (κ2) is 11.1. The lowest BCUT2D eigenvalue weighted by Gasteiger charge is -2.18. The third-order valence-electron chi connectivity index (χ3n) is 5.50. The number of carbonyl (C=O) groups is 1. The van der Waals surface area contributed by atoms with E-state index in [4.69, 9.17) is 14.2 Å². The molecule has 0 saturated heterocycles. The normalized spacial score (nSPS) is 13.9. The number of hydrogen-bond acceptors (Lipinski definition) is 8. The van der Waals surface area contributed by atoms with Gasteiger partial charge >= 0.3 is 5.97 Å². The zero-order valence-corrected chi connectivity index (χ0v) is 18.8. The molecule has 0 N–H and O–H groups in total. The van der Waals surface area contributed by atoms with Crippen LogP contribution in [0.1, 0.15) is 49.1 Å². The van der Waals surface area contributed by atoms with Crippen LogP contribution in [-0.4, -0.2) is 36.1 Å². The summed E-state index contributed by atoms with van der Waals surface area (Å²) in [6.45, 7) is 0. The summed E-state index contributed by atoms with van der Waals surface area (Å²) in [7, 11) is 2.80. The van der Waals surface area contributed by atoms with E-state index in [1.165, 1.54) is 14.2 Å². The van der Waals surface area contributed by atoms with Crippen LogP contribution >= 0.6 is 0 Å². The van der Waals surface area contributed by atoms with E-state index in [-0.39, 0.29) is 18.1 Å². The molecule has 1 aliphatic rings. The Balaban J connectivity index is 1.99. The number of methoxy groups -OCH3 is 2. The molecule has 2 aromatic rings. The average Bonchev–Trinajstić information content (AvgIpc) is 3.34. The molecule has 0 heterocycles. The molecule has 0 aromatic heterocycles. The van der Waals surface area contributed by atoms with Crippen LogP contribution in [0.2, 0.25) is 0 Å². The number of carbonyl (C=O) groups excluding carboxylic acids is 1. The Labute approximate surface area is 196 Å². The summed E-state index contributed by atoms with van der Waals surface area (Å²) in [5, 5.41) is 22.3. The Morgan fingerprint density at radius 3 is 2.24 bits per heavy atom. The fourth-order valence-electron chi connectivity index (χ4n) is 3.74. The minimum Gasteiger partial charge on any atom is -0.493 e. The molecule has 10 nitrogen and oxygen atoms in total. The molecule has 1 aliphatic carbocycles. The molecule has 1 saturated carbocycles. The fraction of sp³-hybridized carbons (Fsp3) is 0.375. The van der Waals surface area contributed by atoms with E-state index in [2.05, 4.69) is 11.8 Å². The third kappa shape index (κ3) is 6.22. The molecule has 1 unspecified atom stereocenters.